The number of hydrogen-bond acceptors (Lipinski definition) is 2. The number of nitrogens with zero attached hydrogens (tertiary/aromatic N) is 2. The maximum absolute atomic E-state index is 12.0. The number of likely N-dealkylation sites (N-methyl/N-ethyl adjacent to an activating group) is 1. The van der Waals surface area contributed by atoms with E-state index in [1.54, 1.807) is 0 Å². The first-order valence-corrected chi connectivity index (χ1v) is 4.30. The van der Waals surface area contributed by atoms with Gasteiger partial charge in [0.15, 0.2) is 0 Å². The molecule has 72 valence electrons. The van der Waals surface area contributed by atoms with Crippen molar-refractivity contribution in [1.82, 2.24) is 9.80 Å². The average Bonchev–Trinajstić information content (AvgIpc) is 1.96. The summed E-state index contributed by atoms with van der Waals surface area (Å²) in [6.07, 6.45) is -2.19. The third-order valence-corrected chi connectivity index (χ3v) is 2.44. The van der Waals surface area contributed by atoms with Gasteiger partial charge in [-0.2, -0.15) is 0 Å². The summed E-state index contributed by atoms with van der Waals surface area (Å²) in [5.41, 5.74) is 0. The molecule has 2 nitrogen and oxygen atoms in total. The van der Waals surface area contributed by atoms with Crippen molar-refractivity contribution in [2.75, 3.05) is 33.2 Å². The van der Waals surface area contributed by atoms with Gasteiger partial charge >= 0.3 is 0 Å². The van der Waals surface area contributed by atoms with Crippen molar-refractivity contribution in [1.29, 1.82) is 0 Å². The second-order valence-corrected chi connectivity index (χ2v) is 3.48. The highest BCUT2D eigenvalue weighted by Crippen LogP contribution is 2.08. The van der Waals surface area contributed by atoms with Crippen LogP contribution in [-0.4, -0.2) is 55.5 Å². The molecule has 0 saturated carbocycles. The molecule has 0 N–H and O–H groups in total. The van der Waals surface area contributed by atoms with E-state index < -0.39 is 6.43 Å². The Bertz CT molecular complexity index is 141. The zero-order valence-electron chi connectivity index (χ0n) is 7.63. The van der Waals surface area contributed by atoms with E-state index in [9.17, 15) is 8.78 Å². The zero-order chi connectivity index (χ0) is 9.14. The lowest BCUT2D eigenvalue weighted by atomic mass is 10.2. The predicted octanol–water partition coefficient (Wildman–Crippen LogP) is 0.887. The summed E-state index contributed by atoms with van der Waals surface area (Å²) < 4.78 is 24.0. The molecule has 1 rings (SSSR count). The molecule has 0 aliphatic carbocycles. The van der Waals surface area contributed by atoms with Crippen LogP contribution in [0.4, 0.5) is 8.78 Å². The van der Waals surface area contributed by atoms with E-state index in [1.807, 2.05) is 11.9 Å². The Labute approximate surface area is 72.1 Å². The molecule has 0 unspecified atom stereocenters. The van der Waals surface area contributed by atoms with Gasteiger partial charge in [-0.05, 0) is 14.0 Å². The molecule has 1 saturated heterocycles. The van der Waals surface area contributed by atoms with Crippen LogP contribution in [0.25, 0.3) is 0 Å². The predicted molar refractivity (Wildman–Crippen MR) is 44.5 cm³/mol. The Kier molecular flexibility index (Phi) is 3.40. The normalized spacial score (nSPS) is 28.2. The lowest BCUT2D eigenvalue weighted by Crippen LogP contribution is -2.51. The van der Waals surface area contributed by atoms with Crippen LogP contribution in [0.1, 0.15) is 6.92 Å². The first-order valence-electron chi connectivity index (χ1n) is 4.30. The molecule has 1 atom stereocenters. The van der Waals surface area contributed by atoms with Crippen molar-refractivity contribution in [3.8, 4) is 0 Å². The molecule has 1 fully saturated rings. The van der Waals surface area contributed by atoms with Crippen LogP contribution in [-0.2, 0) is 0 Å². The minimum Gasteiger partial charge on any atom is -0.301 e. The number of alkyl halides is 2. The van der Waals surface area contributed by atoms with Crippen LogP contribution < -0.4 is 0 Å². The molecule has 1 aliphatic heterocycles. The molecular weight excluding hydrogens is 162 g/mol. The fourth-order valence-corrected chi connectivity index (χ4v) is 1.48. The van der Waals surface area contributed by atoms with Crippen LogP contribution in [0.2, 0.25) is 0 Å². The quantitative estimate of drug-likeness (QED) is 0.619. The maximum atomic E-state index is 12.0. The summed E-state index contributed by atoms with van der Waals surface area (Å²) in [4.78, 5) is 4.03. The Morgan fingerprint density at radius 3 is 2.58 bits per heavy atom. The standard InChI is InChI=1S/C8H16F2N2/c1-7-5-12(6-8(9)10)4-3-11(7)2/h7-8H,3-6H2,1-2H3/t7-/m1/s1. The molecule has 12 heavy (non-hydrogen) atoms. The molecule has 1 heterocycles. The summed E-state index contributed by atoms with van der Waals surface area (Å²) >= 11 is 0. The SMILES string of the molecule is C[C@@H]1CN(CC(F)F)CCN1C. The van der Waals surface area contributed by atoms with Gasteiger partial charge in [0.25, 0.3) is 6.43 Å². The van der Waals surface area contributed by atoms with Gasteiger partial charge in [0.1, 0.15) is 0 Å². The summed E-state index contributed by atoms with van der Waals surface area (Å²) in [6.45, 7) is 4.43. The van der Waals surface area contributed by atoms with E-state index >= 15 is 0 Å². The van der Waals surface area contributed by atoms with E-state index in [0.29, 0.717) is 6.04 Å². The van der Waals surface area contributed by atoms with E-state index in [2.05, 4.69) is 11.8 Å². The number of halogens is 2. The highest BCUT2D eigenvalue weighted by atomic mass is 19.3. The fourth-order valence-electron chi connectivity index (χ4n) is 1.48. The summed E-state index contributed by atoms with van der Waals surface area (Å²) in [5, 5.41) is 0. The molecule has 0 bridgehead atoms. The molecular formula is C8H16F2N2. The maximum Gasteiger partial charge on any atom is 0.251 e. The second-order valence-electron chi connectivity index (χ2n) is 3.48. The van der Waals surface area contributed by atoms with Crippen LogP contribution in [0.5, 0.6) is 0 Å². The van der Waals surface area contributed by atoms with Crippen LogP contribution >= 0.6 is 0 Å². The van der Waals surface area contributed by atoms with Crippen LogP contribution in [0.15, 0.2) is 0 Å². The van der Waals surface area contributed by atoms with Gasteiger partial charge in [-0.1, -0.05) is 0 Å². The number of rotatable bonds is 2. The second kappa shape index (κ2) is 4.14. The molecule has 0 spiro atoms. The summed E-state index contributed by atoms with van der Waals surface area (Å²) in [7, 11) is 2.03. The Hall–Kier alpha value is -0.220. The Morgan fingerprint density at radius 1 is 1.42 bits per heavy atom. The van der Waals surface area contributed by atoms with Crippen molar-refractivity contribution >= 4 is 0 Å². The Morgan fingerprint density at radius 2 is 2.08 bits per heavy atom. The lowest BCUT2D eigenvalue weighted by molar-refractivity contribution is 0.0430. The molecule has 0 amide bonds. The van der Waals surface area contributed by atoms with Gasteiger partial charge in [0, 0.05) is 25.7 Å². The molecule has 0 aromatic heterocycles. The van der Waals surface area contributed by atoms with Crippen molar-refractivity contribution in [2.24, 2.45) is 0 Å². The topological polar surface area (TPSA) is 6.48 Å². The number of piperazine rings is 1. The van der Waals surface area contributed by atoms with Crippen LogP contribution in [0, 0.1) is 0 Å². The molecule has 4 heteroatoms. The van der Waals surface area contributed by atoms with Crippen molar-refractivity contribution < 1.29 is 8.78 Å². The smallest absolute Gasteiger partial charge is 0.251 e. The molecule has 0 aromatic carbocycles. The largest absolute Gasteiger partial charge is 0.301 e. The van der Waals surface area contributed by atoms with E-state index in [0.717, 1.165) is 19.6 Å². The molecule has 0 radical (unpaired) electrons. The summed E-state index contributed by atoms with van der Waals surface area (Å²) in [6, 6.07) is 0.400. The van der Waals surface area contributed by atoms with Gasteiger partial charge in [0.2, 0.25) is 0 Å². The lowest BCUT2D eigenvalue weighted by Gasteiger charge is -2.37. The first-order chi connectivity index (χ1) is 5.59. The van der Waals surface area contributed by atoms with E-state index in [-0.39, 0.29) is 6.54 Å². The number of hydrogen-bond donors (Lipinski definition) is 0. The minimum atomic E-state index is -2.19. The van der Waals surface area contributed by atoms with Gasteiger partial charge in [0.05, 0.1) is 6.54 Å². The third-order valence-electron chi connectivity index (χ3n) is 2.44. The van der Waals surface area contributed by atoms with Gasteiger partial charge < -0.3 is 4.90 Å². The van der Waals surface area contributed by atoms with Crippen molar-refractivity contribution in [3.05, 3.63) is 0 Å². The highest BCUT2D eigenvalue weighted by molar-refractivity contribution is 4.76. The van der Waals surface area contributed by atoms with Gasteiger partial charge in [-0.3, -0.25) is 4.90 Å². The zero-order valence-corrected chi connectivity index (χ0v) is 7.63. The summed E-state index contributed by atoms with van der Waals surface area (Å²) in [5.74, 6) is 0. The van der Waals surface area contributed by atoms with Gasteiger partial charge in [-0.25, -0.2) is 8.78 Å². The van der Waals surface area contributed by atoms with E-state index in [4.69, 9.17) is 0 Å². The highest BCUT2D eigenvalue weighted by Gasteiger charge is 2.22. The average molecular weight is 178 g/mol. The third kappa shape index (κ3) is 2.68. The Balaban J connectivity index is 2.30. The molecule has 0 aromatic rings. The van der Waals surface area contributed by atoms with Crippen molar-refractivity contribution in [2.45, 2.75) is 19.4 Å². The van der Waals surface area contributed by atoms with E-state index in [1.165, 1.54) is 0 Å². The van der Waals surface area contributed by atoms with Crippen molar-refractivity contribution in [3.63, 3.8) is 0 Å². The minimum absolute atomic E-state index is 0.0713. The fraction of sp³-hybridized carbons (Fsp3) is 1.00. The monoisotopic (exact) mass is 178 g/mol. The van der Waals surface area contributed by atoms with Gasteiger partial charge in [-0.15, -0.1) is 0 Å². The van der Waals surface area contributed by atoms with Crippen LogP contribution in [0.3, 0.4) is 0 Å². The first kappa shape index (κ1) is 9.86. The molecule has 1 aliphatic rings.